The van der Waals surface area contributed by atoms with Crippen molar-refractivity contribution < 1.29 is 9.84 Å². The average Bonchev–Trinajstić information content (AvgIpc) is 3.02. The smallest absolute Gasteiger partial charge is 0.185 e. The number of thiophene rings is 1. The number of aromatic nitrogens is 2. The molecule has 0 spiro atoms. The maximum atomic E-state index is 9.61. The summed E-state index contributed by atoms with van der Waals surface area (Å²) < 4.78 is 5.09. The van der Waals surface area contributed by atoms with Crippen molar-refractivity contribution in [1.29, 1.82) is 0 Å². The first kappa shape index (κ1) is 16.3. The van der Waals surface area contributed by atoms with Gasteiger partial charge in [-0.2, -0.15) is 5.11 Å². The van der Waals surface area contributed by atoms with Gasteiger partial charge in [-0.1, -0.05) is 19.9 Å². The molecule has 0 saturated carbocycles. The number of ether oxygens (including phenoxy) is 1. The molecule has 0 aliphatic heterocycles. The Labute approximate surface area is 143 Å². The molecule has 2 aromatic heterocycles. The minimum atomic E-state index is 0.107. The van der Waals surface area contributed by atoms with Crippen molar-refractivity contribution in [1.82, 2.24) is 9.97 Å². The van der Waals surface area contributed by atoms with Gasteiger partial charge in [-0.25, -0.2) is 9.97 Å². The number of phenolic OH excluding ortho intramolecular Hbond substituents is 1. The van der Waals surface area contributed by atoms with Crippen LogP contribution < -0.4 is 4.74 Å². The van der Waals surface area contributed by atoms with Gasteiger partial charge in [0.1, 0.15) is 11.2 Å². The summed E-state index contributed by atoms with van der Waals surface area (Å²) in [5.41, 5.74) is 0.895. The molecular weight excluding hydrogens is 324 g/mol. The van der Waals surface area contributed by atoms with Crippen LogP contribution in [0.25, 0.3) is 10.2 Å². The molecule has 1 N–H and O–H groups in total. The van der Waals surface area contributed by atoms with Crippen LogP contribution in [0.1, 0.15) is 30.2 Å². The Balaban J connectivity index is 1.83. The molecule has 1 aromatic carbocycles. The molecule has 3 aromatic rings. The van der Waals surface area contributed by atoms with Gasteiger partial charge in [0, 0.05) is 4.88 Å². The number of methoxy groups -OCH3 is 1. The third-order valence-corrected chi connectivity index (χ3v) is 4.90. The lowest BCUT2D eigenvalue weighted by Crippen LogP contribution is -1.87. The second-order valence-corrected chi connectivity index (χ2v) is 6.69. The molecular formula is C17H18N4O2S. The number of hydrogen-bond donors (Lipinski definition) is 1. The van der Waals surface area contributed by atoms with E-state index in [0.29, 0.717) is 24.0 Å². The van der Waals surface area contributed by atoms with Crippen LogP contribution in [0, 0.1) is 0 Å². The Morgan fingerprint density at radius 3 is 2.83 bits per heavy atom. The largest absolute Gasteiger partial charge is 0.504 e. The predicted octanol–water partition coefficient (Wildman–Crippen LogP) is 4.81. The van der Waals surface area contributed by atoms with Gasteiger partial charge in [-0.05, 0) is 29.7 Å². The topological polar surface area (TPSA) is 80.0 Å². The maximum Gasteiger partial charge on any atom is 0.185 e. The summed E-state index contributed by atoms with van der Waals surface area (Å²) in [6.07, 6.45) is 1.51. The number of azo groups is 1. The minimum absolute atomic E-state index is 0.107. The fourth-order valence-corrected chi connectivity index (χ4v) is 3.23. The van der Waals surface area contributed by atoms with E-state index in [1.54, 1.807) is 29.5 Å². The van der Waals surface area contributed by atoms with E-state index in [0.717, 1.165) is 15.8 Å². The summed E-state index contributed by atoms with van der Waals surface area (Å²) in [6.45, 7) is 4.68. The molecule has 0 aliphatic rings. The van der Waals surface area contributed by atoms with Crippen LogP contribution in [0.5, 0.6) is 11.5 Å². The van der Waals surface area contributed by atoms with Gasteiger partial charge in [-0.15, -0.1) is 16.5 Å². The first-order valence-corrected chi connectivity index (χ1v) is 8.38. The van der Waals surface area contributed by atoms with Crippen molar-refractivity contribution in [2.24, 2.45) is 10.2 Å². The summed E-state index contributed by atoms with van der Waals surface area (Å²) in [4.78, 5) is 10.7. The molecule has 0 saturated heterocycles. The van der Waals surface area contributed by atoms with Crippen LogP contribution in [0.15, 0.2) is 40.8 Å². The third-order valence-electron chi connectivity index (χ3n) is 3.56. The zero-order valence-corrected chi connectivity index (χ0v) is 14.5. The van der Waals surface area contributed by atoms with E-state index < -0.39 is 0 Å². The van der Waals surface area contributed by atoms with Crippen molar-refractivity contribution in [2.45, 2.75) is 26.3 Å². The van der Waals surface area contributed by atoms with Gasteiger partial charge in [-0.3, -0.25) is 0 Å². The van der Waals surface area contributed by atoms with Gasteiger partial charge in [0.2, 0.25) is 0 Å². The number of hydrogen-bond acceptors (Lipinski definition) is 7. The molecule has 0 atom stereocenters. The van der Waals surface area contributed by atoms with E-state index in [1.807, 2.05) is 0 Å². The van der Waals surface area contributed by atoms with Crippen LogP contribution >= 0.6 is 11.3 Å². The average molecular weight is 342 g/mol. The summed E-state index contributed by atoms with van der Waals surface area (Å²) in [5.74, 6) is 1.55. The molecule has 3 rings (SSSR count). The molecule has 0 fully saturated rings. The van der Waals surface area contributed by atoms with Crippen LogP contribution in [0.2, 0.25) is 0 Å². The number of rotatable bonds is 5. The zero-order chi connectivity index (χ0) is 17.1. The van der Waals surface area contributed by atoms with Crippen molar-refractivity contribution in [3.63, 3.8) is 0 Å². The second-order valence-electron chi connectivity index (χ2n) is 5.63. The minimum Gasteiger partial charge on any atom is -0.504 e. The lowest BCUT2D eigenvalue weighted by atomic mass is 10.2. The maximum absolute atomic E-state index is 9.61. The van der Waals surface area contributed by atoms with Gasteiger partial charge in [0.15, 0.2) is 17.3 Å². The number of benzene rings is 1. The fraction of sp³-hybridized carbons (Fsp3) is 0.294. The van der Waals surface area contributed by atoms with Crippen LogP contribution in [0.4, 0.5) is 5.82 Å². The molecule has 0 amide bonds. The standard InChI is InChI=1S/C17H18N4O2S/c1-10(2)15-7-12-16(18-9-19-17(12)24-15)21-20-8-11-4-5-13(22)14(6-11)23-3/h4-7,9-10,22H,8H2,1-3H3. The Kier molecular flexibility index (Phi) is 4.71. The summed E-state index contributed by atoms with van der Waals surface area (Å²) in [7, 11) is 1.51. The number of aromatic hydroxyl groups is 1. The molecule has 0 bridgehead atoms. The molecule has 2 heterocycles. The molecule has 124 valence electrons. The first-order chi connectivity index (χ1) is 11.6. The first-order valence-electron chi connectivity index (χ1n) is 7.56. The zero-order valence-electron chi connectivity index (χ0n) is 13.7. The molecule has 24 heavy (non-hydrogen) atoms. The quantitative estimate of drug-likeness (QED) is 0.675. The molecule has 7 heteroatoms. The van der Waals surface area contributed by atoms with E-state index in [9.17, 15) is 5.11 Å². The predicted molar refractivity (Wildman–Crippen MR) is 94.4 cm³/mol. The van der Waals surface area contributed by atoms with Crippen molar-refractivity contribution >= 4 is 27.4 Å². The molecule has 0 radical (unpaired) electrons. The number of fused-ring (bicyclic) bond motifs is 1. The van der Waals surface area contributed by atoms with Crippen molar-refractivity contribution in [3.8, 4) is 11.5 Å². The van der Waals surface area contributed by atoms with Crippen molar-refractivity contribution in [3.05, 3.63) is 41.0 Å². The van der Waals surface area contributed by atoms with E-state index in [4.69, 9.17) is 4.74 Å². The monoisotopic (exact) mass is 342 g/mol. The fourth-order valence-electron chi connectivity index (χ4n) is 2.23. The third kappa shape index (κ3) is 3.35. The summed E-state index contributed by atoms with van der Waals surface area (Å²) in [5, 5.41) is 19.0. The van der Waals surface area contributed by atoms with E-state index in [-0.39, 0.29) is 5.75 Å². The highest BCUT2D eigenvalue weighted by Gasteiger charge is 2.10. The lowest BCUT2D eigenvalue weighted by Gasteiger charge is -2.04. The van der Waals surface area contributed by atoms with Gasteiger partial charge in [0.25, 0.3) is 0 Å². The normalized spacial score (nSPS) is 11.7. The Morgan fingerprint density at radius 1 is 1.25 bits per heavy atom. The van der Waals surface area contributed by atoms with E-state index in [2.05, 4.69) is 40.1 Å². The second kappa shape index (κ2) is 6.92. The summed E-state index contributed by atoms with van der Waals surface area (Å²) in [6, 6.07) is 7.20. The highest BCUT2D eigenvalue weighted by Crippen LogP contribution is 2.33. The van der Waals surface area contributed by atoms with Crippen LogP contribution in [0.3, 0.4) is 0 Å². The van der Waals surface area contributed by atoms with Crippen LogP contribution in [-0.2, 0) is 6.54 Å². The van der Waals surface area contributed by atoms with Gasteiger partial charge < -0.3 is 9.84 Å². The number of phenols is 1. The SMILES string of the molecule is COc1cc(CN=Nc2ncnc3sc(C(C)C)cc23)ccc1O. The van der Waals surface area contributed by atoms with Gasteiger partial charge in [0.05, 0.1) is 19.0 Å². The Morgan fingerprint density at radius 2 is 2.08 bits per heavy atom. The number of nitrogens with zero attached hydrogens (tertiary/aromatic N) is 4. The Hall–Kier alpha value is -2.54. The van der Waals surface area contributed by atoms with Crippen LogP contribution in [-0.4, -0.2) is 22.2 Å². The molecule has 0 unspecified atom stereocenters. The van der Waals surface area contributed by atoms with Gasteiger partial charge >= 0.3 is 0 Å². The molecule has 6 nitrogen and oxygen atoms in total. The van der Waals surface area contributed by atoms with E-state index >= 15 is 0 Å². The molecule has 0 aliphatic carbocycles. The Bertz CT molecular complexity index is 889. The lowest BCUT2D eigenvalue weighted by molar-refractivity contribution is 0.373. The highest BCUT2D eigenvalue weighted by molar-refractivity contribution is 7.18. The highest BCUT2D eigenvalue weighted by atomic mass is 32.1. The van der Waals surface area contributed by atoms with Crippen molar-refractivity contribution in [2.75, 3.05) is 7.11 Å². The van der Waals surface area contributed by atoms with E-state index in [1.165, 1.54) is 18.3 Å². The summed E-state index contributed by atoms with van der Waals surface area (Å²) >= 11 is 1.66.